The Morgan fingerprint density at radius 3 is 2.17 bits per heavy atom. The number of likely N-dealkylation sites (N-methyl/N-ethyl adjacent to an activating group) is 1. The van der Waals surface area contributed by atoms with E-state index in [-0.39, 0.29) is 24.2 Å². The smallest absolute Gasteiger partial charge is 0.253 e. The fraction of sp³-hybridized carbons (Fsp3) is 0.391. The van der Waals surface area contributed by atoms with Crippen molar-refractivity contribution in [3.63, 3.8) is 0 Å². The molecule has 0 radical (unpaired) electrons. The highest BCUT2D eigenvalue weighted by molar-refractivity contribution is 5.97. The van der Waals surface area contributed by atoms with E-state index in [1.54, 1.807) is 31.3 Å². The molecule has 2 amide bonds. The lowest BCUT2D eigenvalue weighted by atomic mass is 10.0. The Morgan fingerprint density at radius 1 is 1.00 bits per heavy atom. The largest absolute Gasteiger partial charge is 0.355 e. The van der Waals surface area contributed by atoms with Crippen molar-refractivity contribution in [2.24, 2.45) is 0 Å². The van der Waals surface area contributed by atoms with Crippen LogP contribution in [0.25, 0.3) is 0 Å². The molecule has 2 aromatic carbocycles. The van der Waals surface area contributed by atoms with Gasteiger partial charge in [-0.15, -0.1) is 12.4 Å². The summed E-state index contributed by atoms with van der Waals surface area (Å²) in [6, 6.07) is 18.0. The molecule has 0 unspecified atom stereocenters. The molecule has 1 heterocycles. The third kappa shape index (κ3) is 6.05. The highest BCUT2D eigenvalue weighted by Crippen LogP contribution is 2.18. The predicted octanol–water partition coefficient (Wildman–Crippen LogP) is 3.25. The minimum absolute atomic E-state index is 0. The fourth-order valence-electron chi connectivity index (χ4n) is 3.73. The van der Waals surface area contributed by atoms with Crippen molar-refractivity contribution < 1.29 is 9.59 Å². The molecule has 2 aromatic rings. The summed E-state index contributed by atoms with van der Waals surface area (Å²) in [5.74, 6) is -0.0906. The molecule has 0 aromatic heterocycles. The van der Waals surface area contributed by atoms with Gasteiger partial charge in [-0.2, -0.15) is 0 Å². The van der Waals surface area contributed by atoms with E-state index in [4.69, 9.17) is 0 Å². The number of benzene rings is 2. The normalized spacial score (nSPS) is 14.4. The van der Waals surface area contributed by atoms with E-state index in [2.05, 4.69) is 41.5 Å². The monoisotopic (exact) mass is 415 g/mol. The highest BCUT2D eigenvalue weighted by Gasteiger charge is 2.25. The van der Waals surface area contributed by atoms with Crippen molar-refractivity contribution in [3.05, 3.63) is 71.3 Å². The Kier molecular flexibility index (Phi) is 8.68. The van der Waals surface area contributed by atoms with Crippen LogP contribution in [-0.4, -0.2) is 61.4 Å². The minimum Gasteiger partial charge on any atom is -0.355 e. The van der Waals surface area contributed by atoms with Crippen LogP contribution in [0, 0.1) is 0 Å². The molecule has 6 heteroatoms. The number of rotatable bonds is 6. The van der Waals surface area contributed by atoms with Gasteiger partial charge in [-0.05, 0) is 56.1 Å². The summed E-state index contributed by atoms with van der Waals surface area (Å²) in [5, 5.41) is 2.59. The first kappa shape index (κ1) is 22.9. The van der Waals surface area contributed by atoms with Crippen molar-refractivity contribution in [1.29, 1.82) is 0 Å². The Bertz CT molecular complexity index is 788. The van der Waals surface area contributed by atoms with Crippen LogP contribution in [0.1, 0.15) is 39.1 Å². The van der Waals surface area contributed by atoms with Gasteiger partial charge in [0, 0.05) is 43.9 Å². The van der Waals surface area contributed by atoms with Crippen molar-refractivity contribution in [3.8, 4) is 0 Å². The van der Waals surface area contributed by atoms with E-state index >= 15 is 0 Å². The summed E-state index contributed by atoms with van der Waals surface area (Å²) in [6.07, 6.45) is 3.04. The molecule has 1 aliphatic heterocycles. The summed E-state index contributed by atoms with van der Waals surface area (Å²) in [6.45, 7) is 2.58. The van der Waals surface area contributed by atoms with Gasteiger partial charge in [0.25, 0.3) is 11.8 Å². The second-order valence-corrected chi connectivity index (χ2v) is 7.40. The molecule has 0 saturated carbocycles. The lowest BCUT2D eigenvalue weighted by Gasteiger charge is -2.37. The number of halogens is 1. The van der Waals surface area contributed by atoms with Crippen molar-refractivity contribution >= 4 is 24.2 Å². The predicted molar refractivity (Wildman–Crippen MR) is 119 cm³/mol. The van der Waals surface area contributed by atoms with Gasteiger partial charge in [-0.25, -0.2) is 0 Å². The summed E-state index contributed by atoms with van der Waals surface area (Å²) in [5.41, 5.74) is 2.57. The van der Waals surface area contributed by atoms with Gasteiger partial charge in [-0.1, -0.05) is 30.3 Å². The Hall–Kier alpha value is -2.37. The summed E-state index contributed by atoms with van der Waals surface area (Å²) in [7, 11) is 3.78. The molecule has 3 rings (SSSR count). The van der Waals surface area contributed by atoms with E-state index in [1.807, 2.05) is 11.0 Å². The quantitative estimate of drug-likeness (QED) is 0.787. The third-order valence-electron chi connectivity index (χ3n) is 5.59. The summed E-state index contributed by atoms with van der Waals surface area (Å²) in [4.78, 5) is 28.7. The lowest BCUT2D eigenvalue weighted by Crippen LogP contribution is -2.46. The van der Waals surface area contributed by atoms with Gasteiger partial charge >= 0.3 is 0 Å². The number of amides is 2. The lowest BCUT2D eigenvalue weighted by molar-refractivity contribution is 0.0646. The van der Waals surface area contributed by atoms with E-state index < -0.39 is 0 Å². The van der Waals surface area contributed by atoms with Gasteiger partial charge < -0.3 is 15.1 Å². The molecule has 29 heavy (non-hydrogen) atoms. The number of hydrogen-bond donors (Lipinski definition) is 1. The van der Waals surface area contributed by atoms with Crippen LogP contribution >= 0.6 is 12.4 Å². The number of nitrogens with one attached hydrogen (secondary N) is 1. The zero-order chi connectivity index (χ0) is 19.9. The van der Waals surface area contributed by atoms with Crippen molar-refractivity contribution in [2.75, 3.05) is 33.7 Å². The molecular formula is C23H30ClN3O2. The molecule has 1 N–H and O–H groups in total. The highest BCUT2D eigenvalue weighted by atomic mass is 35.5. The second-order valence-electron chi connectivity index (χ2n) is 7.40. The van der Waals surface area contributed by atoms with Crippen LogP contribution in [0.3, 0.4) is 0 Å². The number of carbonyl (C=O) groups is 2. The maximum Gasteiger partial charge on any atom is 0.253 e. The van der Waals surface area contributed by atoms with E-state index in [0.717, 1.165) is 38.9 Å². The molecule has 156 valence electrons. The first-order valence-electron chi connectivity index (χ1n) is 9.94. The molecule has 0 atom stereocenters. The first-order chi connectivity index (χ1) is 13.6. The van der Waals surface area contributed by atoms with Gasteiger partial charge in [0.15, 0.2) is 0 Å². The zero-order valence-electron chi connectivity index (χ0n) is 17.1. The van der Waals surface area contributed by atoms with E-state index in [1.165, 1.54) is 5.56 Å². The summed E-state index contributed by atoms with van der Waals surface area (Å²) < 4.78 is 0. The summed E-state index contributed by atoms with van der Waals surface area (Å²) >= 11 is 0. The standard InChI is InChI=1S/C23H29N3O2.ClH/c1-24-22(27)19-8-10-20(11-9-19)23(28)26-16-13-21(14-17-26)25(2)15-12-18-6-4-3-5-7-18;/h3-11,21H,12-17H2,1-2H3,(H,24,27);1H. The molecule has 1 saturated heterocycles. The van der Waals surface area contributed by atoms with Crippen LogP contribution in [0.2, 0.25) is 0 Å². The van der Waals surface area contributed by atoms with Crippen LogP contribution in [0.5, 0.6) is 0 Å². The van der Waals surface area contributed by atoms with Crippen molar-refractivity contribution in [1.82, 2.24) is 15.1 Å². The number of likely N-dealkylation sites (tertiary alicyclic amines) is 1. The van der Waals surface area contributed by atoms with E-state index in [9.17, 15) is 9.59 Å². The average molecular weight is 416 g/mol. The Balaban J connectivity index is 0.00000300. The molecular weight excluding hydrogens is 386 g/mol. The van der Waals surface area contributed by atoms with Gasteiger partial charge in [-0.3, -0.25) is 9.59 Å². The zero-order valence-corrected chi connectivity index (χ0v) is 18.0. The minimum atomic E-state index is -0.140. The number of piperidine rings is 1. The molecule has 5 nitrogen and oxygen atoms in total. The van der Waals surface area contributed by atoms with Gasteiger partial charge in [0.2, 0.25) is 0 Å². The van der Waals surface area contributed by atoms with Crippen LogP contribution in [-0.2, 0) is 6.42 Å². The van der Waals surface area contributed by atoms with Crippen molar-refractivity contribution in [2.45, 2.75) is 25.3 Å². The molecule has 1 fully saturated rings. The Labute approximate surface area is 179 Å². The first-order valence-corrected chi connectivity index (χ1v) is 9.94. The van der Waals surface area contributed by atoms with Crippen LogP contribution in [0.4, 0.5) is 0 Å². The fourth-order valence-corrected chi connectivity index (χ4v) is 3.73. The number of hydrogen-bond acceptors (Lipinski definition) is 3. The molecule has 0 aliphatic carbocycles. The van der Waals surface area contributed by atoms with Gasteiger partial charge in [0.05, 0.1) is 0 Å². The third-order valence-corrected chi connectivity index (χ3v) is 5.59. The Morgan fingerprint density at radius 2 is 1.59 bits per heavy atom. The van der Waals surface area contributed by atoms with Gasteiger partial charge in [0.1, 0.15) is 0 Å². The molecule has 0 spiro atoms. The topological polar surface area (TPSA) is 52.7 Å². The molecule has 0 bridgehead atoms. The average Bonchev–Trinajstić information content (AvgIpc) is 2.77. The maximum atomic E-state index is 12.7. The number of carbonyl (C=O) groups excluding carboxylic acids is 2. The molecule has 1 aliphatic rings. The van der Waals surface area contributed by atoms with E-state index in [0.29, 0.717) is 17.2 Å². The maximum absolute atomic E-state index is 12.7. The second kappa shape index (κ2) is 11.0. The van der Waals surface area contributed by atoms with Crippen LogP contribution < -0.4 is 5.32 Å². The number of nitrogens with zero attached hydrogens (tertiary/aromatic N) is 2. The SMILES string of the molecule is CNC(=O)c1ccc(C(=O)N2CCC(N(C)CCc3ccccc3)CC2)cc1.Cl. The van der Waals surface area contributed by atoms with Crippen LogP contribution in [0.15, 0.2) is 54.6 Å².